The van der Waals surface area contributed by atoms with Crippen molar-refractivity contribution in [2.45, 2.75) is 16.2 Å². The quantitative estimate of drug-likeness (QED) is 0.546. The van der Waals surface area contributed by atoms with Crippen LogP contribution in [0.4, 0.5) is 0 Å². The zero-order chi connectivity index (χ0) is 20.3. The number of tetrazole rings is 1. The summed E-state index contributed by atoms with van der Waals surface area (Å²) < 4.78 is 24.4. The second-order valence-corrected chi connectivity index (χ2v) is 8.90. The number of thioether (sulfide) groups is 1. The third-order valence-corrected chi connectivity index (χ3v) is 5.99. The van der Waals surface area contributed by atoms with Crippen LogP contribution in [0.2, 0.25) is 0 Å². The molecule has 9 nitrogen and oxygen atoms in total. The Balaban J connectivity index is 1.70. The summed E-state index contributed by atoms with van der Waals surface area (Å²) in [4.78, 5) is 11.1. The third-order valence-electron chi connectivity index (χ3n) is 3.86. The molecule has 0 aliphatic heterocycles. The Kier molecular flexibility index (Phi) is 5.77. The number of carbonyl (C=O) groups is 1. The van der Waals surface area contributed by atoms with E-state index < -0.39 is 21.9 Å². The van der Waals surface area contributed by atoms with Crippen LogP contribution in [0.1, 0.15) is 22.0 Å². The molecule has 0 bridgehead atoms. The van der Waals surface area contributed by atoms with Crippen LogP contribution in [-0.4, -0.2) is 56.8 Å². The summed E-state index contributed by atoms with van der Waals surface area (Å²) in [6, 6.07) is 12.1. The van der Waals surface area contributed by atoms with E-state index in [0.717, 1.165) is 6.26 Å². The zero-order valence-corrected chi connectivity index (χ0v) is 16.3. The topological polar surface area (TPSA) is 135 Å². The minimum absolute atomic E-state index is 0.152. The molecule has 1 atom stereocenters. The molecule has 0 aliphatic carbocycles. The Morgan fingerprint density at radius 2 is 1.79 bits per heavy atom. The summed E-state index contributed by atoms with van der Waals surface area (Å²) in [5, 5.41) is 31.2. The van der Waals surface area contributed by atoms with Gasteiger partial charge in [0.2, 0.25) is 5.16 Å². The number of benzene rings is 2. The summed E-state index contributed by atoms with van der Waals surface area (Å²) in [5.41, 5.74) is 1.31. The predicted octanol–water partition coefficient (Wildman–Crippen LogP) is 1.59. The average Bonchev–Trinajstić information content (AvgIpc) is 3.14. The third kappa shape index (κ3) is 4.55. The minimum atomic E-state index is -3.29. The number of aromatic carboxylic acids is 1. The molecule has 3 aromatic rings. The molecule has 2 aromatic carbocycles. The van der Waals surface area contributed by atoms with Crippen LogP contribution in [0, 0.1) is 0 Å². The van der Waals surface area contributed by atoms with Gasteiger partial charge in [0.1, 0.15) is 0 Å². The van der Waals surface area contributed by atoms with Crippen LogP contribution in [0.25, 0.3) is 5.69 Å². The molecule has 0 saturated carbocycles. The van der Waals surface area contributed by atoms with Crippen LogP contribution in [0.3, 0.4) is 0 Å². The monoisotopic (exact) mass is 420 g/mol. The van der Waals surface area contributed by atoms with Gasteiger partial charge in [-0.15, -0.1) is 5.10 Å². The van der Waals surface area contributed by atoms with Gasteiger partial charge in [-0.1, -0.05) is 23.9 Å². The van der Waals surface area contributed by atoms with Crippen LogP contribution in [0.5, 0.6) is 0 Å². The Morgan fingerprint density at radius 1 is 1.14 bits per heavy atom. The maximum atomic E-state index is 11.5. The zero-order valence-electron chi connectivity index (χ0n) is 14.6. The van der Waals surface area contributed by atoms with Gasteiger partial charge in [0.25, 0.3) is 0 Å². The van der Waals surface area contributed by atoms with E-state index in [9.17, 15) is 18.3 Å². The minimum Gasteiger partial charge on any atom is -0.478 e. The first kappa shape index (κ1) is 20.0. The number of hydrogen-bond donors (Lipinski definition) is 2. The lowest BCUT2D eigenvalue weighted by molar-refractivity contribution is 0.0697. The van der Waals surface area contributed by atoms with Crippen molar-refractivity contribution >= 4 is 27.6 Å². The van der Waals surface area contributed by atoms with Crippen molar-refractivity contribution < 1.29 is 23.4 Å². The van der Waals surface area contributed by atoms with Crippen molar-refractivity contribution in [3.63, 3.8) is 0 Å². The average molecular weight is 420 g/mol. The van der Waals surface area contributed by atoms with E-state index in [0.29, 0.717) is 16.4 Å². The first-order chi connectivity index (χ1) is 13.3. The van der Waals surface area contributed by atoms with Crippen molar-refractivity contribution in [2.75, 3.05) is 12.0 Å². The number of carboxylic acids is 1. The summed E-state index contributed by atoms with van der Waals surface area (Å²) in [7, 11) is -3.29. The van der Waals surface area contributed by atoms with Gasteiger partial charge in [0, 0.05) is 12.0 Å². The Hall–Kier alpha value is -2.76. The molecule has 0 aliphatic rings. The molecule has 1 heterocycles. The highest BCUT2D eigenvalue weighted by Gasteiger charge is 2.15. The fourth-order valence-electron chi connectivity index (χ4n) is 2.36. The second-order valence-electron chi connectivity index (χ2n) is 5.89. The van der Waals surface area contributed by atoms with Crippen molar-refractivity contribution in [3.05, 3.63) is 59.7 Å². The number of aromatic nitrogens is 4. The van der Waals surface area contributed by atoms with E-state index in [1.807, 2.05) is 0 Å². The molecule has 3 rings (SSSR count). The molecular weight excluding hydrogens is 404 g/mol. The van der Waals surface area contributed by atoms with Crippen molar-refractivity contribution in [3.8, 4) is 5.69 Å². The van der Waals surface area contributed by atoms with Crippen molar-refractivity contribution in [2.24, 2.45) is 0 Å². The van der Waals surface area contributed by atoms with Crippen LogP contribution in [-0.2, 0) is 9.84 Å². The van der Waals surface area contributed by atoms with Crippen LogP contribution < -0.4 is 0 Å². The van der Waals surface area contributed by atoms with Gasteiger partial charge in [0.15, 0.2) is 9.84 Å². The molecule has 11 heteroatoms. The highest BCUT2D eigenvalue weighted by Crippen LogP contribution is 2.25. The first-order valence-corrected chi connectivity index (χ1v) is 10.9. The number of nitrogens with zero attached hydrogens (tertiary/aromatic N) is 4. The Labute approximate surface area is 164 Å². The normalized spacial score (nSPS) is 12.6. The number of aliphatic hydroxyl groups is 1. The van der Waals surface area contributed by atoms with Crippen LogP contribution >= 0.6 is 11.8 Å². The summed E-state index contributed by atoms with van der Waals surface area (Å²) in [6.07, 6.45) is 0.273. The number of aliphatic hydroxyl groups excluding tert-OH is 1. The van der Waals surface area contributed by atoms with Gasteiger partial charge in [-0.05, 0) is 52.4 Å². The smallest absolute Gasteiger partial charge is 0.335 e. The molecule has 1 unspecified atom stereocenters. The van der Waals surface area contributed by atoms with E-state index in [4.69, 9.17) is 5.11 Å². The summed E-state index contributed by atoms with van der Waals surface area (Å²) >= 11 is 1.21. The molecular formula is C17H16N4O5S2. The molecule has 0 fully saturated rings. The first-order valence-electron chi connectivity index (χ1n) is 7.98. The standard InChI is InChI=1S/C17H16N4O5S2/c1-28(25,26)14-8-4-11(5-9-14)15(22)10-27-17-18-19-20-21(17)13-6-2-12(3-7-13)16(23)24/h2-9,15,22H,10H2,1H3,(H,23,24). The van der Waals surface area contributed by atoms with Gasteiger partial charge >= 0.3 is 5.97 Å². The molecule has 28 heavy (non-hydrogen) atoms. The van der Waals surface area contributed by atoms with E-state index in [-0.39, 0.29) is 16.2 Å². The fraction of sp³-hybridized carbons (Fsp3) is 0.176. The van der Waals surface area contributed by atoms with Gasteiger partial charge in [-0.2, -0.15) is 4.68 Å². The van der Waals surface area contributed by atoms with E-state index in [2.05, 4.69) is 15.5 Å². The molecule has 146 valence electrons. The van der Waals surface area contributed by atoms with Gasteiger partial charge in [-0.3, -0.25) is 0 Å². The van der Waals surface area contributed by atoms with Crippen LogP contribution in [0.15, 0.2) is 58.6 Å². The number of hydrogen-bond acceptors (Lipinski definition) is 8. The number of carboxylic acid groups (broad SMARTS) is 1. The van der Waals surface area contributed by atoms with Crippen molar-refractivity contribution in [1.29, 1.82) is 0 Å². The lowest BCUT2D eigenvalue weighted by atomic mass is 10.1. The van der Waals surface area contributed by atoms with E-state index in [1.54, 1.807) is 24.3 Å². The van der Waals surface area contributed by atoms with Gasteiger partial charge in [-0.25, -0.2) is 13.2 Å². The molecule has 0 amide bonds. The maximum absolute atomic E-state index is 11.5. The Bertz CT molecular complexity index is 1080. The molecule has 2 N–H and O–H groups in total. The number of sulfone groups is 1. The highest BCUT2D eigenvalue weighted by molar-refractivity contribution is 7.99. The molecule has 0 radical (unpaired) electrons. The largest absolute Gasteiger partial charge is 0.478 e. The van der Waals surface area contributed by atoms with Gasteiger partial charge < -0.3 is 10.2 Å². The lowest BCUT2D eigenvalue weighted by Crippen LogP contribution is -2.05. The summed E-state index contributed by atoms with van der Waals surface area (Å²) in [5.74, 6) is -0.783. The summed E-state index contributed by atoms with van der Waals surface area (Å²) in [6.45, 7) is 0. The number of rotatable bonds is 7. The van der Waals surface area contributed by atoms with E-state index in [1.165, 1.54) is 40.7 Å². The second kappa shape index (κ2) is 8.09. The molecule has 0 saturated heterocycles. The SMILES string of the molecule is CS(=O)(=O)c1ccc(C(O)CSc2nnnn2-c2ccc(C(=O)O)cc2)cc1. The molecule has 0 spiro atoms. The van der Waals surface area contributed by atoms with Gasteiger partial charge in [0.05, 0.1) is 22.3 Å². The highest BCUT2D eigenvalue weighted by atomic mass is 32.2. The molecule has 1 aromatic heterocycles. The lowest BCUT2D eigenvalue weighted by Gasteiger charge is -2.11. The Morgan fingerprint density at radius 3 is 2.36 bits per heavy atom. The van der Waals surface area contributed by atoms with Crippen molar-refractivity contribution in [1.82, 2.24) is 20.2 Å². The maximum Gasteiger partial charge on any atom is 0.335 e. The predicted molar refractivity (Wildman–Crippen MR) is 101 cm³/mol. The van der Waals surface area contributed by atoms with E-state index >= 15 is 0 Å². The fourth-order valence-corrected chi connectivity index (χ4v) is 3.85.